The second kappa shape index (κ2) is 5.87. The van der Waals surface area contributed by atoms with E-state index < -0.39 is 5.82 Å². The standard InChI is InChI=1S/C10H7BrCl2FN5/c11-5-3-16-10(19-15)18-9(5)17-8-6(12)1-4(14)2-7(8)13/h1-3H,15H2,(H2,16,17,18,19). The zero-order chi connectivity index (χ0) is 14.0. The number of nitrogen functional groups attached to an aromatic ring is 1. The number of hydrazine groups is 1. The first-order valence-corrected chi connectivity index (χ1v) is 6.47. The number of hydrogen-bond donors (Lipinski definition) is 3. The molecule has 100 valence electrons. The lowest BCUT2D eigenvalue weighted by Crippen LogP contribution is -2.11. The van der Waals surface area contributed by atoms with Crippen molar-refractivity contribution in [2.45, 2.75) is 0 Å². The fourth-order valence-corrected chi connectivity index (χ4v) is 2.15. The molecule has 0 saturated carbocycles. The van der Waals surface area contributed by atoms with E-state index in [1.165, 1.54) is 6.20 Å². The van der Waals surface area contributed by atoms with Crippen molar-refractivity contribution in [1.82, 2.24) is 9.97 Å². The van der Waals surface area contributed by atoms with Gasteiger partial charge in [0.1, 0.15) is 5.82 Å². The lowest BCUT2D eigenvalue weighted by atomic mass is 10.3. The smallest absolute Gasteiger partial charge is 0.239 e. The van der Waals surface area contributed by atoms with E-state index in [9.17, 15) is 4.39 Å². The Labute approximate surface area is 126 Å². The maximum atomic E-state index is 13.1. The van der Waals surface area contributed by atoms with Crippen molar-refractivity contribution in [3.63, 3.8) is 0 Å². The highest BCUT2D eigenvalue weighted by molar-refractivity contribution is 9.10. The monoisotopic (exact) mass is 365 g/mol. The van der Waals surface area contributed by atoms with Gasteiger partial charge in [0.2, 0.25) is 5.95 Å². The van der Waals surface area contributed by atoms with E-state index in [-0.39, 0.29) is 16.0 Å². The van der Waals surface area contributed by atoms with Gasteiger partial charge in [0.25, 0.3) is 0 Å². The Morgan fingerprint density at radius 3 is 2.47 bits per heavy atom. The molecular weight excluding hydrogens is 360 g/mol. The van der Waals surface area contributed by atoms with Crippen LogP contribution in [0.15, 0.2) is 22.8 Å². The van der Waals surface area contributed by atoms with Gasteiger partial charge in [0.05, 0.1) is 20.2 Å². The first kappa shape index (κ1) is 14.3. The van der Waals surface area contributed by atoms with Crippen molar-refractivity contribution in [3.8, 4) is 0 Å². The minimum atomic E-state index is -0.522. The summed E-state index contributed by atoms with van der Waals surface area (Å²) in [6, 6.07) is 2.29. The average molecular weight is 367 g/mol. The van der Waals surface area contributed by atoms with Crippen molar-refractivity contribution in [3.05, 3.63) is 38.7 Å². The molecule has 19 heavy (non-hydrogen) atoms. The van der Waals surface area contributed by atoms with Crippen LogP contribution in [0.3, 0.4) is 0 Å². The molecule has 0 radical (unpaired) electrons. The van der Waals surface area contributed by atoms with Crippen LogP contribution in [-0.2, 0) is 0 Å². The Hall–Kier alpha value is -1.15. The molecule has 1 heterocycles. The summed E-state index contributed by atoms with van der Waals surface area (Å²) in [7, 11) is 0. The molecule has 0 spiro atoms. The van der Waals surface area contributed by atoms with Gasteiger partial charge in [-0.05, 0) is 28.1 Å². The third kappa shape index (κ3) is 3.24. The quantitative estimate of drug-likeness (QED) is 0.570. The molecule has 1 aromatic heterocycles. The van der Waals surface area contributed by atoms with Crippen LogP contribution in [0.4, 0.5) is 21.8 Å². The average Bonchev–Trinajstić information content (AvgIpc) is 2.35. The summed E-state index contributed by atoms with van der Waals surface area (Å²) in [5.41, 5.74) is 2.65. The second-order valence-electron chi connectivity index (χ2n) is 3.40. The summed E-state index contributed by atoms with van der Waals surface area (Å²) < 4.78 is 13.7. The lowest BCUT2D eigenvalue weighted by Gasteiger charge is -2.11. The van der Waals surface area contributed by atoms with Gasteiger partial charge in [-0.1, -0.05) is 23.2 Å². The lowest BCUT2D eigenvalue weighted by molar-refractivity contribution is 0.628. The van der Waals surface area contributed by atoms with Crippen molar-refractivity contribution >= 4 is 56.6 Å². The summed E-state index contributed by atoms with van der Waals surface area (Å²) >= 11 is 15.1. The molecular formula is C10H7BrCl2FN5. The molecule has 2 aromatic rings. The highest BCUT2D eigenvalue weighted by Gasteiger charge is 2.12. The van der Waals surface area contributed by atoms with Crippen molar-refractivity contribution in [1.29, 1.82) is 0 Å². The zero-order valence-electron chi connectivity index (χ0n) is 9.22. The maximum Gasteiger partial charge on any atom is 0.239 e. The van der Waals surface area contributed by atoms with E-state index in [0.29, 0.717) is 16.0 Å². The van der Waals surface area contributed by atoms with E-state index >= 15 is 0 Å². The van der Waals surface area contributed by atoms with Gasteiger partial charge in [0.15, 0.2) is 5.82 Å². The number of nitrogens with two attached hydrogens (primary N) is 1. The number of nitrogens with one attached hydrogen (secondary N) is 2. The van der Waals surface area contributed by atoms with E-state index in [1.54, 1.807) is 0 Å². The molecule has 2 rings (SSSR count). The number of anilines is 3. The van der Waals surface area contributed by atoms with E-state index in [2.05, 4.69) is 36.6 Å². The normalized spacial score (nSPS) is 10.4. The number of halogens is 4. The summed E-state index contributed by atoms with van der Waals surface area (Å²) in [6.45, 7) is 0. The molecule has 0 aliphatic carbocycles. The van der Waals surface area contributed by atoms with E-state index in [4.69, 9.17) is 29.0 Å². The Balaban J connectivity index is 2.41. The summed E-state index contributed by atoms with van der Waals surface area (Å²) in [5, 5.41) is 3.16. The topological polar surface area (TPSA) is 75.9 Å². The molecule has 0 bridgehead atoms. The number of aromatic nitrogens is 2. The number of benzene rings is 1. The van der Waals surface area contributed by atoms with Gasteiger partial charge in [-0.15, -0.1) is 0 Å². The Morgan fingerprint density at radius 2 is 1.89 bits per heavy atom. The van der Waals surface area contributed by atoms with Gasteiger partial charge in [-0.2, -0.15) is 4.98 Å². The minimum Gasteiger partial charge on any atom is -0.337 e. The second-order valence-corrected chi connectivity index (χ2v) is 5.07. The van der Waals surface area contributed by atoms with Crippen LogP contribution < -0.4 is 16.6 Å². The molecule has 0 fully saturated rings. The zero-order valence-corrected chi connectivity index (χ0v) is 12.3. The fourth-order valence-electron chi connectivity index (χ4n) is 1.30. The molecule has 0 unspecified atom stereocenters. The van der Waals surface area contributed by atoms with Crippen LogP contribution >= 0.6 is 39.1 Å². The maximum absolute atomic E-state index is 13.1. The number of rotatable bonds is 3. The Kier molecular flexibility index (Phi) is 4.41. The predicted molar refractivity (Wildman–Crippen MR) is 77.2 cm³/mol. The first-order valence-electron chi connectivity index (χ1n) is 4.92. The third-order valence-electron chi connectivity index (χ3n) is 2.12. The van der Waals surface area contributed by atoms with Gasteiger partial charge in [0, 0.05) is 6.20 Å². The molecule has 0 aliphatic heterocycles. The molecule has 1 aromatic carbocycles. The molecule has 9 heteroatoms. The molecule has 0 atom stereocenters. The molecule has 4 N–H and O–H groups in total. The summed E-state index contributed by atoms with van der Waals surface area (Å²) in [5.74, 6) is 5.30. The van der Waals surface area contributed by atoms with Gasteiger partial charge < -0.3 is 5.32 Å². The van der Waals surface area contributed by atoms with Crippen LogP contribution in [0.2, 0.25) is 10.0 Å². The number of nitrogens with zero attached hydrogens (tertiary/aromatic N) is 2. The Bertz CT molecular complexity index is 602. The third-order valence-corrected chi connectivity index (χ3v) is 3.30. The van der Waals surface area contributed by atoms with Crippen LogP contribution in [0.25, 0.3) is 0 Å². The molecule has 0 aliphatic rings. The SMILES string of the molecule is NNc1ncc(Br)c(Nc2c(Cl)cc(F)cc2Cl)n1. The van der Waals surface area contributed by atoms with E-state index in [0.717, 1.165) is 12.1 Å². The van der Waals surface area contributed by atoms with E-state index in [1.807, 2.05) is 0 Å². The van der Waals surface area contributed by atoms with Gasteiger partial charge >= 0.3 is 0 Å². The van der Waals surface area contributed by atoms with Gasteiger partial charge in [-0.25, -0.2) is 15.2 Å². The van der Waals surface area contributed by atoms with Crippen molar-refractivity contribution in [2.24, 2.45) is 5.84 Å². The highest BCUT2D eigenvalue weighted by Crippen LogP contribution is 2.35. The fraction of sp³-hybridized carbons (Fsp3) is 0. The van der Waals surface area contributed by atoms with Crippen molar-refractivity contribution in [2.75, 3.05) is 10.7 Å². The highest BCUT2D eigenvalue weighted by atomic mass is 79.9. The van der Waals surface area contributed by atoms with Gasteiger partial charge in [-0.3, -0.25) is 5.43 Å². The van der Waals surface area contributed by atoms with Crippen LogP contribution in [-0.4, -0.2) is 9.97 Å². The predicted octanol–water partition coefficient (Wildman–Crippen LogP) is 3.71. The van der Waals surface area contributed by atoms with Crippen molar-refractivity contribution < 1.29 is 4.39 Å². The molecule has 5 nitrogen and oxygen atoms in total. The first-order chi connectivity index (χ1) is 9.01. The molecule has 0 saturated heterocycles. The summed E-state index contributed by atoms with van der Waals surface area (Å²) in [4.78, 5) is 7.97. The Morgan fingerprint density at radius 1 is 1.26 bits per heavy atom. The molecule has 0 amide bonds. The summed E-state index contributed by atoms with van der Waals surface area (Å²) in [6.07, 6.45) is 1.50. The van der Waals surface area contributed by atoms with Crippen LogP contribution in [0, 0.1) is 5.82 Å². The minimum absolute atomic E-state index is 0.137. The number of hydrogen-bond acceptors (Lipinski definition) is 5. The van der Waals surface area contributed by atoms with Crippen LogP contribution in [0.1, 0.15) is 0 Å². The largest absolute Gasteiger partial charge is 0.337 e. The van der Waals surface area contributed by atoms with Crippen LogP contribution in [0.5, 0.6) is 0 Å².